The standard InChI is InChI=1S/C9H17F3N2O/c1-8(15)2-4-14(5-3-8)7(6-13)9(10,11)12/h7,15H,2-6,13H2,1H3. The van der Waals surface area contributed by atoms with Gasteiger partial charge < -0.3 is 10.8 Å². The van der Waals surface area contributed by atoms with Crippen molar-refractivity contribution in [2.75, 3.05) is 19.6 Å². The molecule has 0 saturated carbocycles. The zero-order chi connectivity index (χ0) is 11.7. The van der Waals surface area contributed by atoms with E-state index in [1.54, 1.807) is 6.92 Å². The van der Waals surface area contributed by atoms with Gasteiger partial charge in [0.15, 0.2) is 0 Å². The van der Waals surface area contributed by atoms with E-state index in [2.05, 4.69) is 0 Å². The lowest BCUT2D eigenvalue weighted by Gasteiger charge is -2.40. The van der Waals surface area contributed by atoms with Gasteiger partial charge in [-0.05, 0) is 19.8 Å². The summed E-state index contributed by atoms with van der Waals surface area (Å²) < 4.78 is 37.5. The van der Waals surface area contributed by atoms with Gasteiger partial charge in [-0.25, -0.2) is 0 Å². The normalized spacial score (nSPS) is 25.2. The van der Waals surface area contributed by atoms with Gasteiger partial charge in [-0.2, -0.15) is 13.2 Å². The van der Waals surface area contributed by atoms with E-state index in [0.29, 0.717) is 12.8 Å². The van der Waals surface area contributed by atoms with Gasteiger partial charge in [-0.3, -0.25) is 4.90 Å². The summed E-state index contributed by atoms with van der Waals surface area (Å²) in [5.74, 6) is 0. The summed E-state index contributed by atoms with van der Waals surface area (Å²) in [5, 5.41) is 9.61. The predicted octanol–water partition coefficient (Wildman–Crippen LogP) is 0.723. The number of likely N-dealkylation sites (tertiary alicyclic amines) is 1. The second-order valence-electron chi connectivity index (χ2n) is 4.33. The summed E-state index contributed by atoms with van der Waals surface area (Å²) in [6, 6.07) is -1.58. The van der Waals surface area contributed by atoms with Crippen molar-refractivity contribution in [3.63, 3.8) is 0 Å². The van der Waals surface area contributed by atoms with E-state index >= 15 is 0 Å². The summed E-state index contributed by atoms with van der Waals surface area (Å²) in [7, 11) is 0. The lowest BCUT2D eigenvalue weighted by molar-refractivity contribution is -0.188. The minimum absolute atomic E-state index is 0.244. The molecule has 1 aliphatic rings. The number of hydrogen-bond donors (Lipinski definition) is 2. The van der Waals surface area contributed by atoms with Crippen molar-refractivity contribution in [2.45, 2.75) is 37.6 Å². The molecule has 1 atom stereocenters. The average Bonchev–Trinajstić information content (AvgIpc) is 2.06. The first kappa shape index (κ1) is 12.7. The Bertz CT molecular complexity index is 208. The molecule has 0 amide bonds. The van der Waals surface area contributed by atoms with Gasteiger partial charge in [0.05, 0.1) is 5.60 Å². The van der Waals surface area contributed by atoms with Gasteiger partial charge in [0.1, 0.15) is 6.04 Å². The number of halogens is 3. The third-order valence-electron chi connectivity index (χ3n) is 2.92. The maximum Gasteiger partial charge on any atom is 0.405 e. The van der Waals surface area contributed by atoms with E-state index in [0.717, 1.165) is 0 Å². The second kappa shape index (κ2) is 4.27. The first-order valence-corrected chi connectivity index (χ1v) is 4.99. The first-order valence-electron chi connectivity index (χ1n) is 4.99. The molecule has 3 N–H and O–H groups in total. The molecule has 1 heterocycles. The molecule has 1 unspecified atom stereocenters. The van der Waals surface area contributed by atoms with Gasteiger partial charge in [0.25, 0.3) is 0 Å². The molecule has 6 heteroatoms. The van der Waals surface area contributed by atoms with Crippen LogP contribution in [0.4, 0.5) is 13.2 Å². The molecule has 0 spiro atoms. The highest BCUT2D eigenvalue weighted by Crippen LogP contribution is 2.29. The molecule has 1 rings (SSSR count). The molecule has 0 aromatic rings. The van der Waals surface area contributed by atoms with Crippen molar-refractivity contribution >= 4 is 0 Å². The molecule has 1 fully saturated rings. The van der Waals surface area contributed by atoms with Crippen LogP contribution in [0.25, 0.3) is 0 Å². The SMILES string of the molecule is CC1(O)CCN(C(CN)C(F)(F)F)CC1. The second-order valence-corrected chi connectivity index (χ2v) is 4.33. The quantitative estimate of drug-likeness (QED) is 0.729. The molecule has 15 heavy (non-hydrogen) atoms. The Morgan fingerprint density at radius 3 is 2.20 bits per heavy atom. The maximum absolute atomic E-state index is 12.5. The topological polar surface area (TPSA) is 49.5 Å². The summed E-state index contributed by atoms with van der Waals surface area (Å²) in [5.41, 5.74) is 4.30. The van der Waals surface area contributed by atoms with E-state index in [-0.39, 0.29) is 13.1 Å². The van der Waals surface area contributed by atoms with E-state index in [1.165, 1.54) is 4.90 Å². The number of hydrogen-bond acceptors (Lipinski definition) is 3. The van der Waals surface area contributed by atoms with Gasteiger partial charge in [-0.1, -0.05) is 0 Å². The molecule has 1 saturated heterocycles. The number of piperidine rings is 1. The molecule has 0 aliphatic carbocycles. The van der Waals surface area contributed by atoms with Crippen molar-refractivity contribution in [3.8, 4) is 0 Å². The summed E-state index contributed by atoms with van der Waals surface area (Å²) >= 11 is 0. The number of aliphatic hydroxyl groups is 1. The molecular formula is C9H17F3N2O. The molecule has 90 valence electrons. The fourth-order valence-corrected chi connectivity index (χ4v) is 1.81. The van der Waals surface area contributed by atoms with Crippen LogP contribution in [0.5, 0.6) is 0 Å². The van der Waals surface area contributed by atoms with Crippen LogP contribution in [-0.2, 0) is 0 Å². The van der Waals surface area contributed by atoms with Crippen molar-refractivity contribution in [1.82, 2.24) is 4.90 Å². The van der Waals surface area contributed by atoms with Crippen LogP contribution in [-0.4, -0.2) is 47.5 Å². The highest BCUT2D eigenvalue weighted by atomic mass is 19.4. The fraction of sp³-hybridized carbons (Fsp3) is 1.00. The smallest absolute Gasteiger partial charge is 0.390 e. The zero-order valence-electron chi connectivity index (χ0n) is 8.72. The number of nitrogens with zero attached hydrogens (tertiary/aromatic N) is 1. The van der Waals surface area contributed by atoms with Gasteiger partial charge >= 0.3 is 6.18 Å². The fourth-order valence-electron chi connectivity index (χ4n) is 1.81. The lowest BCUT2D eigenvalue weighted by atomic mass is 9.93. The maximum atomic E-state index is 12.5. The highest BCUT2D eigenvalue weighted by molar-refractivity contribution is 4.88. The lowest BCUT2D eigenvalue weighted by Crippen LogP contribution is -2.55. The molecule has 1 aliphatic heterocycles. The molecule has 0 radical (unpaired) electrons. The Hall–Kier alpha value is -0.330. The Morgan fingerprint density at radius 2 is 1.87 bits per heavy atom. The molecule has 0 aromatic carbocycles. The largest absolute Gasteiger partial charge is 0.405 e. The minimum Gasteiger partial charge on any atom is -0.390 e. The Labute approximate surface area is 87.0 Å². The van der Waals surface area contributed by atoms with E-state index in [1.807, 2.05) is 0 Å². The molecular weight excluding hydrogens is 209 g/mol. The highest BCUT2D eigenvalue weighted by Gasteiger charge is 2.44. The zero-order valence-corrected chi connectivity index (χ0v) is 8.72. The molecule has 0 aromatic heterocycles. The van der Waals surface area contributed by atoms with Crippen molar-refractivity contribution in [1.29, 1.82) is 0 Å². The summed E-state index contributed by atoms with van der Waals surface area (Å²) in [4.78, 5) is 1.30. The summed E-state index contributed by atoms with van der Waals surface area (Å²) in [6.45, 7) is 1.71. The van der Waals surface area contributed by atoms with Gasteiger partial charge in [0, 0.05) is 19.6 Å². The van der Waals surface area contributed by atoms with Gasteiger partial charge in [0.2, 0.25) is 0 Å². The predicted molar refractivity (Wildman–Crippen MR) is 50.3 cm³/mol. The van der Waals surface area contributed by atoms with Crippen LogP contribution >= 0.6 is 0 Å². The van der Waals surface area contributed by atoms with Crippen LogP contribution in [0.2, 0.25) is 0 Å². The van der Waals surface area contributed by atoms with Crippen LogP contribution in [0.1, 0.15) is 19.8 Å². The van der Waals surface area contributed by atoms with Gasteiger partial charge in [-0.15, -0.1) is 0 Å². The average molecular weight is 226 g/mol. The molecule has 0 bridgehead atoms. The van der Waals surface area contributed by atoms with E-state index in [4.69, 9.17) is 5.73 Å². The molecule has 3 nitrogen and oxygen atoms in total. The Balaban J connectivity index is 2.58. The van der Waals surface area contributed by atoms with Crippen LogP contribution in [0, 0.1) is 0 Å². The minimum atomic E-state index is -4.28. The van der Waals surface area contributed by atoms with Crippen LogP contribution in [0.3, 0.4) is 0 Å². The van der Waals surface area contributed by atoms with Crippen molar-refractivity contribution in [2.24, 2.45) is 5.73 Å². The van der Waals surface area contributed by atoms with Crippen molar-refractivity contribution < 1.29 is 18.3 Å². The Morgan fingerprint density at radius 1 is 1.40 bits per heavy atom. The number of nitrogens with two attached hydrogens (primary N) is 1. The van der Waals surface area contributed by atoms with Crippen LogP contribution < -0.4 is 5.73 Å². The van der Waals surface area contributed by atoms with E-state index < -0.39 is 24.4 Å². The Kier molecular flexibility index (Phi) is 3.63. The number of rotatable bonds is 2. The number of alkyl halides is 3. The van der Waals surface area contributed by atoms with E-state index in [9.17, 15) is 18.3 Å². The monoisotopic (exact) mass is 226 g/mol. The summed E-state index contributed by atoms with van der Waals surface area (Å²) in [6.07, 6.45) is -3.56. The third-order valence-corrected chi connectivity index (χ3v) is 2.92. The van der Waals surface area contributed by atoms with Crippen LogP contribution in [0.15, 0.2) is 0 Å². The first-order chi connectivity index (χ1) is 6.76. The van der Waals surface area contributed by atoms with Crippen molar-refractivity contribution in [3.05, 3.63) is 0 Å². The third kappa shape index (κ3) is 3.32.